The number of unbranched alkanes of at least 4 members (excludes halogenated alkanes) is 34. The number of carbonyl (C=O) groups excluding carboxylic acids is 2. The van der Waals surface area contributed by atoms with Crippen molar-refractivity contribution in [1.29, 1.82) is 0 Å². The maximum Gasteiger partial charge on any atom is 0.472 e. The van der Waals surface area contributed by atoms with Gasteiger partial charge in [0.2, 0.25) is 5.91 Å². The number of likely N-dealkylation sites (N-methyl/N-ethyl adjacent to an activating group) is 1. The number of quaternary nitrogens is 1. The Morgan fingerprint density at radius 2 is 0.823 bits per heavy atom. The van der Waals surface area contributed by atoms with Crippen LogP contribution in [0.4, 0.5) is 0 Å². The summed E-state index contributed by atoms with van der Waals surface area (Å²) in [7, 11) is 1.46. The minimum atomic E-state index is -4.47. The Morgan fingerprint density at radius 3 is 1.23 bits per heavy atom. The fraction of sp³-hybridized carbons (Fsp3) is 0.797. The average Bonchev–Trinajstić information content (AvgIpc) is 3.41. The number of esters is 1. The highest BCUT2D eigenvalue weighted by atomic mass is 31.2. The number of rotatable bonds is 60. The molecule has 0 bridgehead atoms. The van der Waals surface area contributed by atoms with E-state index in [0.29, 0.717) is 17.4 Å². The highest BCUT2D eigenvalue weighted by Gasteiger charge is 2.30. The summed E-state index contributed by atoms with van der Waals surface area (Å²) < 4.78 is 30.7. The fourth-order valence-corrected chi connectivity index (χ4v) is 10.3. The molecule has 0 spiro atoms. The van der Waals surface area contributed by atoms with Gasteiger partial charge in [-0.3, -0.25) is 18.6 Å². The highest BCUT2D eigenvalue weighted by molar-refractivity contribution is 7.47. The van der Waals surface area contributed by atoms with Gasteiger partial charge in [0.15, 0.2) is 0 Å². The monoisotopic (exact) mass is 1130 g/mol. The number of phosphoric ester groups is 1. The van der Waals surface area contributed by atoms with Crippen LogP contribution in [0.15, 0.2) is 72.9 Å². The SMILES string of the molecule is CC/C=C\C/C=C\C/C=C\C/C=C\C/C=C\CCCC(=O)NC(COP(=O)(O)OCC[N+](C)(C)C)C(/C=C\CCCCCCCCCCC)OC(=O)CCCCCCCCCCCCCCCCCCCCCCCCCCC. The van der Waals surface area contributed by atoms with Gasteiger partial charge < -0.3 is 19.4 Å². The van der Waals surface area contributed by atoms with Crippen molar-refractivity contribution in [2.24, 2.45) is 0 Å². The lowest BCUT2D eigenvalue weighted by molar-refractivity contribution is -0.870. The molecule has 0 fully saturated rings. The molecule has 0 aliphatic rings. The van der Waals surface area contributed by atoms with Crippen LogP contribution >= 0.6 is 7.82 Å². The Hall–Kier alpha value is -2.55. The summed E-state index contributed by atoms with van der Waals surface area (Å²) >= 11 is 0. The third kappa shape index (κ3) is 59.9. The number of allylic oxidation sites excluding steroid dienone is 11. The lowest BCUT2D eigenvalue weighted by Crippen LogP contribution is -2.47. The Labute approximate surface area is 489 Å². The molecule has 0 aromatic heterocycles. The number of phosphoric acid groups is 1. The highest BCUT2D eigenvalue weighted by Crippen LogP contribution is 2.43. The maximum atomic E-state index is 13.5. The molecule has 0 saturated heterocycles. The van der Waals surface area contributed by atoms with Crippen molar-refractivity contribution in [3.05, 3.63) is 72.9 Å². The standard InChI is InChI=1S/C69H127N2O7P/c1-7-10-13-16-19-22-25-27-29-31-32-33-34-35-36-37-38-40-42-44-47-50-53-56-59-62-69(73)78-67(60-57-54-51-48-45-24-21-18-15-12-9-3)66(65-77-79(74,75)76-64-63-71(4,5)6)70-68(72)61-58-55-52-49-46-43-41-39-30-28-26-23-20-17-14-11-8-2/h11,14,20,23,28,30,41,43,49,52,57,60,66-67H,7-10,12-13,15-19,21-22,24-27,29,31-40,42,44-48,50-51,53-56,58-59,61-65H2,1-6H3,(H-,70,72,74,75)/p+1/b14-11-,23-20-,30-28-,43-41-,52-49-,60-57-. The predicted molar refractivity (Wildman–Crippen MR) is 341 cm³/mol. The second-order valence-electron chi connectivity index (χ2n) is 23.6. The summed E-state index contributed by atoms with van der Waals surface area (Å²) in [6.07, 6.45) is 76.5. The van der Waals surface area contributed by atoms with Crippen LogP contribution in [0.2, 0.25) is 0 Å². The van der Waals surface area contributed by atoms with E-state index in [1.807, 2.05) is 33.3 Å². The van der Waals surface area contributed by atoms with Gasteiger partial charge in [-0.05, 0) is 70.3 Å². The molecule has 2 N–H and O–H groups in total. The largest absolute Gasteiger partial charge is 0.472 e. The van der Waals surface area contributed by atoms with Crippen molar-refractivity contribution in [3.63, 3.8) is 0 Å². The van der Waals surface area contributed by atoms with Gasteiger partial charge in [0.25, 0.3) is 0 Å². The number of hydrogen-bond acceptors (Lipinski definition) is 6. The number of carbonyl (C=O) groups is 2. The van der Waals surface area contributed by atoms with Crippen molar-refractivity contribution in [1.82, 2.24) is 5.32 Å². The second-order valence-corrected chi connectivity index (χ2v) is 25.1. The molecular weight excluding hydrogens is 1000 g/mol. The molecule has 460 valence electrons. The smallest absolute Gasteiger partial charge is 0.456 e. The zero-order valence-electron chi connectivity index (χ0n) is 52.6. The van der Waals surface area contributed by atoms with E-state index in [1.165, 1.54) is 186 Å². The summed E-state index contributed by atoms with van der Waals surface area (Å²) in [6, 6.07) is -0.879. The van der Waals surface area contributed by atoms with Gasteiger partial charge in [0.05, 0.1) is 33.8 Å². The van der Waals surface area contributed by atoms with Crippen LogP contribution in [0, 0.1) is 0 Å². The van der Waals surface area contributed by atoms with Crippen molar-refractivity contribution < 1.29 is 37.3 Å². The maximum absolute atomic E-state index is 13.5. The van der Waals surface area contributed by atoms with Crippen molar-refractivity contribution in [2.45, 2.75) is 315 Å². The predicted octanol–water partition coefficient (Wildman–Crippen LogP) is 20.8. The van der Waals surface area contributed by atoms with E-state index in [-0.39, 0.29) is 37.9 Å². The van der Waals surface area contributed by atoms with E-state index < -0.39 is 20.0 Å². The van der Waals surface area contributed by atoms with Gasteiger partial charge in [-0.2, -0.15) is 0 Å². The molecule has 1 amide bonds. The van der Waals surface area contributed by atoms with Crippen LogP contribution in [0.25, 0.3) is 0 Å². The first-order valence-corrected chi connectivity index (χ1v) is 34.8. The molecule has 0 aromatic carbocycles. The summed E-state index contributed by atoms with van der Waals surface area (Å²) in [5.74, 6) is -0.566. The van der Waals surface area contributed by atoms with E-state index in [1.54, 1.807) is 0 Å². The fourth-order valence-electron chi connectivity index (χ4n) is 9.57. The number of nitrogens with zero attached hydrogens (tertiary/aromatic N) is 1. The molecule has 0 radical (unpaired) electrons. The molecule has 3 unspecified atom stereocenters. The zero-order chi connectivity index (χ0) is 57.9. The van der Waals surface area contributed by atoms with Gasteiger partial charge >= 0.3 is 13.8 Å². The van der Waals surface area contributed by atoms with E-state index >= 15 is 0 Å². The minimum absolute atomic E-state index is 0.0285. The third-order valence-electron chi connectivity index (χ3n) is 14.7. The first-order chi connectivity index (χ1) is 38.4. The summed E-state index contributed by atoms with van der Waals surface area (Å²) in [5.41, 5.74) is 0. The second kappa shape index (κ2) is 58.6. The Kier molecular flexibility index (Phi) is 56.7. The Morgan fingerprint density at radius 1 is 0.456 bits per heavy atom. The van der Waals surface area contributed by atoms with Crippen molar-refractivity contribution >= 4 is 19.7 Å². The molecule has 9 nitrogen and oxygen atoms in total. The first-order valence-electron chi connectivity index (χ1n) is 33.3. The molecular formula is C69H128N2O7P+. The lowest BCUT2D eigenvalue weighted by Gasteiger charge is -2.27. The quantitative estimate of drug-likeness (QED) is 0.0205. The zero-order valence-corrected chi connectivity index (χ0v) is 53.5. The molecule has 0 aliphatic carbocycles. The van der Waals surface area contributed by atoms with E-state index in [2.05, 4.69) is 86.8 Å². The average molecular weight is 1130 g/mol. The molecule has 0 aromatic rings. The van der Waals surface area contributed by atoms with Crippen LogP contribution in [0.1, 0.15) is 303 Å². The van der Waals surface area contributed by atoms with Gasteiger partial charge in [0.1, 0.15) is 19.3 Å². The summed E-state index contributed by atoms with van der Waals surface area (Å²) in [4.78, 5) is 37.7. The minimum Gasteiger partial charge on any atom is -0.456 e. The molecule has 0 heterocycles. The number of hydrogen-bond donors (Lipinski definition) is 2. The van der Waals surface area contributed by atoms with Gasteiger partial charge in [-0.1, -0.05) is 293 Å². The first kappa shape index (κ1) is 76.5. The number of nitrogens with one attached hydrogen (secondary N) is 1. The third-order valence-corrected chi connectivity index (χ3v) is 15.6. The van der Waals surface area contributed by atoms with Crippen LogP contribution in [-0.2, 0) is 27.9 Å². The molecule has 0 saturated carbocycles. The molecule has 79 heavy (non-hydrogen) atoms. The normalized spacial score (nSPS) is 14.1. The summed E-state index contributed by atoms with van der Waals surface area (Å²) in [5, 5.41) is 3.02. The molecule has 10 heteroatoms. The molecule has 0 aliphatic heterocycles. The lowest BCUT2D eigenvalue weighted by atomic mass is 10.0. The molecule has 0 rings (SSSR count). The topological polar surface area (TPSA) is 111 Å². The van der Waals surface area contributed by atoms with Gasteiger partial charge in [-0.15, -0.1) is 0 Å². The Balaban J connectivity index is 5.10. The van der Waals surface area contributed by atoms with Crippen LogP contribution in [-0.4, -0.2) is 74.3 Å². The van der Waals surface area contributed by atoms with Crippen LogP contribution < -0.4 is 5.32 Å². The van der Waals surface area contributed by atoms with E-state index in [4.69, 9.17) is 13.8 Å². The molecule has 3 atom stereocenters. The van der Waals surface area contributed by atoms with E-state index in [0.717, 1.165) is 77.0 Å². The number of ether oxygens (including phenoxy) is 1. The van der Waals surface area contributed by atoms with E-state index in [9.17, 15) is 19.0 Å². The Bertz CT molecular complexity index is 1580. The summed E-state index contributed by atoms with van der Waals surface area (Å²) in [6.45, 7) is 6.87. The number of amides is 1. The van der Waals surface area contributed by atoms with Crippen molar-refractivity contribution in [2.75, 3.05) is 40.9 Å². The van der Waals surface area contributed by atoms with Gasteiger partial charge in [-0.25, -0.2) is 4.57 Å². The van der Waals surface area contributed by atoms with Crippen molar-refractivity contribution in [3.8, 4) is 0 Å². The van der Waals surface area contributed by atoms with Gasteiger partial charge in [0, 0.05) is 12.8 Å². The van der Waals surface area contributed by atoms with Crippen LogP contribution in [0.3, 0.4) is 0 Å². The van der Waals surface area contributed by atoms with Crippen LogP contribution in [0.5, 0.6) is 0 Å².